The average Bonchev–Trinajstić information content (AvgIpc) is 2.83. The van der Waals surface area contributed by atoms with Crippen molar-refractivity contribution in [3.05, 3.63) is 41.3 Å². The number of hydrogen-bond donors (Lipinski definition) is 1. The first-order chi connectivity index (χ1) is 9.58. The second kappa shape index (κ2) is 6.60. The van der Waals surface area contributed by atoms with E-state index in [4.69, 9.17) is 4.42 Å². The van der Waals surface area contributed by atoms with Crippen molar-refractivity contribution in [1.29, 1.82) is 5.26 Å². The van der Waals surface area contributed by atoms with Crippen molar-refractivity contribution in [3.8, 4) is 6.07 Å². The third kappa shape index (κ3) is 3.86. The second-order valence-electron chi connectivity index (χ2n) is 4.83. The summed E-state index contributed by atoms with van der Waals surface area (Å²) in [5.41, 5.74) is 2.58. The Morgan fingerprint density at radius 2 is 2.25 bits per heavy atom. The van der Waals surface area contributed by atoms with Crippen LogP contribution in [0.15, 0.2) is 39.0 Å². The van der Waals surface area contributed by atoms with Gasteiger partial charge in [0.05, 0.1) is 11.3 Å². The number of nitrogens with one attached hydrogen (secondary N) is 1. The van der Waals surface area contributed by atoms with Gasteiger partial charge in [0.15, 0.2) is 0 Å². The molecule has 1 heterocycles. The summed E-state index contributed by atoms with van der Waals surface area (Å²) in [6.45, 7) is 6.83. The predicted octanol–water partition coefficient (Wildman–Crippen LogP) is 3.50. The summed E-state index contributed by atoms with van der Waals surface area (Å²) < 4.78 is 5.31. The van der Waals surface area contributed by atoms with Gasteiger partial charge < -0.3 is 9.73 Å². The lowest BCUT2D eigenvalue weighted by Gasteiger charge is -2.09. The largest absolute Gasteiger partial charge is 0.439 e. The topological polar surface area (TPSA) is 61.9 Å². The molecule has 0 spiro atoms. The van der Waals surface area contributed by atoms with Crippen LogP contribution >= 0.6 is 11.8 Å². The second-order valence-corrected chi connectivity index (χ2v) is 5.83. The third-order valence-electron chi connectivity index (χ3n) is 2.67. The molecule has 1 aromatic heterocycles. The van der Waals surface area contributed by atoms with Crippen LogP contribution in [-0.4, -0.2) is 11.0 Å². The van der Waals surface area contributed by atoms with Crippen molar-refractivity contribution in [1.82, 2.24) is 10.3 Å². The van der Waals surface area contributed by atoms with Crippen molar-refractivity contribution < 1.29 is 4.42 Å². The molecular weight excluding hydrogens is 270 g/mol. The zero-order valence-corrected chi connectivity index (χ0v) is 12.6. The molecule has 0 amide bonds. The van der Waals surface area contributed by atoms with E-state index in [-0.39, 0.29) is 0 Å². The standard InChI is InChI=1S/C15H17N3OS/c1-10(2)17-8-12-4-5-14(13(6-12)7-16)20-15-18-11(3)9-19-15/h4-6,9-10,17H,8H2,1-3H3. The number of hydrogen-bond acceptors (Lipinski definition) is 5. The zero-order chi connectivity index (χ0) is 14.5. The molecule has 0 radical (unpaired) electrons. The van der Waals surface area contributed by atoms with E-state index in [9.17, 15) is 5.26 Å². The fourth-order valence-electron chi connectivity index (χ4n) is 1.66. The van der Waals surface area contributed by atoms with Crippen LogP contribution in [0.3, 0.4) is 0 Å². The van der Waals surface area contributed by atoms with Crippen molar-refractivity contribution in [2.45, 2.75) is 43.5 Å². The van der Waals surface area contributed by atoms with Gasteiger partial charge in [0.2, 0.25) is 0 Å². The molecule has 0 aliphatic heterocycles. The molecule has 2 aromatic rings. The summed E-state index contributed by atoms with van der Waals surface area (Å²) in [6.07, 6.45) is 1.61. The molecule has 0 aliphatic rings. The van der Waals surface area contributed by atoms with Crippen molar-refractivity contribution in [2.24, 2.45) is 0 Å². The van der Waals surface area contributed by atoms with Gasteiger partial charge in [-0.2, -0.15) is 5.26 Å². The lowest BCUT2D eigenvalue weighted by molar-refractivity contribution is 0.454. The van der Waals surface area contributed by atoms with Crippen LogP contribution in [0.2, 0.25) is 0 Å². The average molecular weight is 287 g/mol. The minimum absolute atomic E-state index is 0.421. The zero-order valence-electron chi connectivity index (χ0n) is 11.8. The van der Waals surface area contributed by atoms with E-state index in [0.29, 0.717) is 16.8 Å². The predicted molar refractivity (Wildman–Crippen MR) is 78.5 cm³/mol. The van der Waals surface area contributed by atoms with Crippen LogP contribution in [0.5, 0.6) is 0 Å². The molecule has 0 aliphatic carbocycles. The number of nitrogens with zero attached hydrogens (tertiary/aromatic N) is 2. The van der Waals surface area contributed by atoms with Crippen molar-refractivity contribution in [3.63, 3.8) is 0 Å². The van der Waals surface area contributed by atoms with E-state index >= 15 is 0 Å². The number of oxazole rings is 1. The van der Waals surface area contributed by atoms with E-state index in [1.807, 2.05) is 25.1 Å². The lowest BCUT2D eigenvalue weighted by atomic mass is 10.1. The minimum Gasteiger partial charge on any atom is -0.439 e. The van der Waals surface area contributed by atoms with Crippen molar-refractivity contribution >= 4 is 11.8 Å². The highest BCUT2D eigenvalue weighted by molar-refractivity contribution is 7.99. The summed E-state index contributed by atoms with van der Waals surface area (Å²) in [6, 6.07) is 8.53. The fourth-order valence-corrected chi connectivity index (χ4v) is 2.48. The molecule has 0 unspecified atom stereocenters. The van der Waals surface area contributed by atoms with Crippen LogP contribution in [0.1, 0.15) is 30.7 Å². The highest BCUT2D eigenvalue weighted by Crippen LogP contribution is 2.30. The summed E-state index contributed by atoms with van der Waals surface area (Å²) >= 11 is 1.37. The Bertz CT molecular complexity index is 628. The fraction of sp³-hybridized carbons (Fsp3) is 0.333. The Hall–Kier alpha value is -1.77. The number of aromatic nitrogens is 1. The summed E-state index contributed by atoms with van der Waals surface area (Å²) in [5.74, 6) is 0. The number of nitriles is 1. The van der Waals surface area contributed by atoms with Gasteiger partial charge in [-0.15, -0.1) is 0 Å². The van der Waals surface area contributed by atoms with Gasteiger partial charge >= 0.3 is 0 Å². The molecular formula is C15H17N3OS. The van der Waals surface area contributed by atoms with E-state index < -0.39 is 0 Å². The molecule has 4 nitrogen and oxygen atoms in total. The van der Waals surface area contributed by atoms with Gasteiger partial charge in [0, 0.05) is 17.5 Å². The van der Waals surface area contributed by atoms with Crippen LogP contribution in [0, 0.1) is 18.3 Å². The Morgan fingerprint density at radius 1 is 1.45 bits per heavy atom. The molecule has 5 heteroatoms. The Morgan fingerprint density at radius 3 is 2.85 bits per heavy atom. The maximum Gasteiger partial charge on any atom is 0.260 e. The highest BCUT2D eigenvalue weighted by Gasteiger charge is 2.09. The third-order valence-corrected chi connectivity index (χ3v) is 3.61. The SMILES string of the molecule is Cc1coc(Sc2ccc(CNC(C)C)cc2C#N)n1. The Balaban J connectivity index is 2.16. The highest BCUT2D eigenvalue weighted by atomic mass is 32.2. The molecule has 0 saturated heterocycles. The summed E-state index contributed by atoms with van der Waals surface area (Å²) in [7, 11) is 0. The number of benzene rings is 1. The van der Waals surface area contributed by atoms with Crippen LogP contribution in [0.4, 0.5) is 0 Å². The van der Waals surface area contributed by atoms with Crippen LogP contribution < -0.4 is 5.32 Å². The maximum absolute atomic E-state index is 9.27. The van der Waals surface area contributed by atoms with E-state index in [1.165, 1.54) is 11.8 Å². The number of rotatable bonds is 5. The van der Waals surface area contributed by atoms with Crippen molar-refractivity contribution in [2.75, 3.05) is 0 Å². The Labute approximate surface area is 123 Å². The first-order valence-electron chi connectivity index (χ1n) is 6.45. The van der Waals surface area contributed by atoms with Gasteiger partial charge in [-0.05, 0) is 36.4 Å². The summed E-state index contributed by atoms with van der Waals surface area (Å²) in [4.78, 5) is 5.10. The molecule has 2 rings (SSSR count). The van der Waals surface area contributed by atoms with Gasteiger partial charge in [-0.25, -0.2) is 4.98 Å². The smallest absolute Gasteiger partial charge is 0.260 e. The van der Waals surface area contributed by atoms with Crippen LogP contribution in [0.25, 0.3) is 0 Å². The maximum atomic E-state index is 9.27. The lowest BCUT2D eigenvalue weighted by Crippen LogP contribution is -2.21. The first-order valence-corrected chi connectivity index (χ1v) is 7.26. The molecule has 1 N–H and O–H groups in total. The Kier molecular flexibility index (Phi) is 4.83. The quantitative estimate of drug-likeness (QED) is 0.912. The molecule has 0 fully saturated rings. The van der Waals surface area contributed by atoms with Crippen LogP contribution in [-0.2, 0) is 6.54 Å². The van der Waals surface area contributed by atoms with E-state index in [0.717, 1.165) is 22.7 Å². The minimum atomic E-state index is 0.421. The molecule has 0 bridgehead atoms. The van der Waals surface area contributed by atoms with E-state index in [2.05, 4.69) is 30.2 Å². The number of aryl methyl sites for hydroxylation is 1. The molecule has 104 valence electrons. The normalized spacial score (nSPS) is 10.8. The summed E-state index contributed by atoms with van der Waals surface area (Å²) in [5, 5.41) is 13.2. The van der Waals surface area contributed by atoms with E-state index in [1.54, 1.807) is 6.26 Å². The molecule has 0 saturated carbocycles. The van der Waals surface area contributed by atoms with Gasteiger partial charge in [-0.3, -0.25) is 0 Å². The molecule has 1 aromatic carbocycles. The molecule has 20 heavy (non-hydrogen) atoms. The van der Waals surface area contributed by atoms with Gasteiger partial charge in [0.25, 0.3) is 5.22 Å². The van der Waals surface area contributed by atoms with Gasteiger partial charge in [-0.1, -0.05) is 19.9 Å². The monoisotopic (exact) mass is 287 g/mol. The first kappa shape index (κ1) is 14.6. The molecule has 0 atom stereocenters. The van der Waals surface area contributed by atoms with Gasteiger partial charge in [0.1, 0.15) is 12.3 Å².